The van der Waals surface area contributed by atoms with Gasteiger partial charge in [-0.25, -0.2) is 19.7 Å². The van der Waals surface area contributed by atoms with E-state index in [1.165, 1.54) is 30.7 Å². The van der Waals surface area contributed by atoms with Gasteiger partial charge in [-0.15, -0.1) is 20.1 Å². The third kappa shape index (κ3) is 5.60. The van der Waals surface area contributed by atoms with Gasteiger partial charge >= 0.3 is 18.0 Å². The molecule has 39 heavy (non-hydrogen) atoms. The predicted octanol–water partition coefficient (Wildman–Crippen LogP) is 2.12. The van der Waals surface area contributed by atoms with Crippen LogP contribution in [0.3, 0.4) is 0 Å². The normalized spacial score (nSPS) is 13.2. The number of hydrogen-bond acceptors (Lipinski definition) is 9. The zero-order chi connectivity index (χ0) is 27.7. The summed E-state index contributed by atoms with van der Waals surface area (Å²) in [7, 11) is 0. The molecule has 0 aromatic carbocycles. The van der Waals surface area contributed by atoms with Crippen LogP contribution in [-0.4, -0.2) is 59.7 Å². The number of nitrogens with one attached hydrogen (secondary N) is 4. The van der Waals surface area contributed by atoms with Gasteiger partial charge in [0, 0.05) is 48.4 Å². The van der Waals surface area contributed by atoms with Crippen LogP contribution in [0, 0.1) is 0 Å². The molecule has 0 aliphatic heterocycles. The highest BCUT2D eigenvalue weighted by atomic mass is 19.4. The Bertz CT molecular complexity index is 1610. The second kappa shape index (κ2) is 9.99. The number of carbonyl (C=O) groups excluding carboxylic acids is 2. The molecule has 1 aliphatic carbocycles. The van der Waals surface area contributed by atoms with Crippen molar-refractivity contribution in [2.75, 3.05) is 11.9 Å². The highest BCUT2D eigenvalue weighted by molar-refractivity contribution is 5.94. The molecule has 14 nitrogen and oxygen atoms in total. The number of urea groups is 1. The van der Waals surface area contributed by atoms with Crippen LogP contribution in [0.5, 0.6) is 0 Å². The van der Waals surface area contributed by atoms with E-state index in [9.17, 15) is 27.6 Å². The number of halogens is 3. The van der Waals surface area contributed by atoms with Gasteiger partial charge in [0.05, 0.1) is 11.3 Å². The van der Waals surface area contributed by atoms with Crippen LogP contribution < -0.4 is 21.7 Å². The van der Waals surface area contributed by atoms with E-state index in [0.29, 0.717) is 29.7 Å². The minimum absolute atomic E-state index is 0.0306. The SMILES string of the molecule is CCNC(=O)Nc1cc(-n2nc(C(=O)NC3CC3)c(C(F)(F)F)n2)c(-c2cncc(-c3n[nH]c(=O)o3)c2)cn1. The smallest absolute Gasteiger partial charge is 0.388 e. The zero-order valence-electron chi connectivity index (χ0n) is 20.0. The fourth-order valence-corrected chi connectivity index (χ4v) is 3.52. The lowest BCUT2D eigenvalue weighted by molar-refractivity contribution is -0.141. The molecule has 202 valence electrons. The molecule has 4 heterocycles. The Kier molecular flexibility index (Phi) is 6.55. The summed E-state index contributed by atoms with van der Waals surface area (Å²) >= 11 is 0. The van der Waals surface area contributed by atoms with Crippen LogP contribution in [0.1, 0.15) is 35.9 Å². The molecule has 4 aromatic heterocycles. The number of carbonyl (C=O) groups is 2. The van der Waals surface area contributed by atoms with Gasteiger partial charge in [0.2, 0.25) is 0 Å². The number of pyridine rings is 2. The van der Waals surface area contributed by atoms with Gasteiger partial charge in [0.15, 0.2) is 11.4 Å². The van der Waals surface area contributed by atoms with E-state index in [-0.39, 0.29) is 34.6 Å². The number of alkyl halides is 3. The Morgan fingerprint density at radius 2 is 1.92 bits per heavy atom. The minimum atomic E-state index is -4.98. The third-order valence-corrected chi connectivity index (χ3v) is 5.42. The number of H-pyrrole nitrogens is 1. The lowest BCUT2D eigenvalue weighted by Gasteiger charge is -2.12. The van der Waals surface area contributed by atoms with Crippen LogP contribution >= 0.6 is 0 Å². The molecule has 1 saturated carbocycles. The van der Waals surface area contributed by atoms with E-state index in [0.717, 1.165) is 0 Å². The fourth-order valence-electron chi connectivity index (χ4n) is 3.52. The summed E-state index contributed by atoms with van der Waals surface area (Å²) in [6, 6.07) is 1.92. The molecule has 0 spiro atoms. The van der Waals surface area contributed by atoms with Crippen molar-refractivity contribution in [1.29, 1.82) is 0 Å². The Morgan fingerprint density at radius 1 is 1.15 bits per heavy atom. The zero-order valence-corrected chi connectivity index (χ0v) is 20.0. The van der Waals surface area contributed by atoms with E-state index in [1.54, 1.807) is 6.92 Å². The average molecular weight is 544 g/mol. The van der Waals surface area contributed by atoms with Gasteiger partial charge < -0.3 is 15.1 Å². The molecule has 0 radical (unpaired) electrons. The molecule has 0 saturated heterocycles. The Balaban J connectivity index is 1.64. The summed E-state index contributed by atoms with van der Waals surface area (Å²) < 4.78 is 46.5. The molecule has 1 aliphatic rings. The Labute approximate surface area is 216 Å². The van der Waals surface area contributed by atoms with E-state index in [2.05, 4.69) is 46.3 Å². The van der Waals surface area contributed by atoms with Crippen molar-refractivity contribution in [3.05, 3.63) is 52.7 Å². The lowest BCUT2D eigenvalue weighted by Crippen LogP contribution is -2.28. The first-order chi connectivity index (χ1) is 18.6. The van der Waals surface area contributed by atoms with E-state index in [4.69, 9.17) is 4.42 Å². The first-order valence-corrected chi connectivity index (χ1v) is 11.5. The number of amides is 3. The van der Waals surface area contributed by atoms with Crippen LogP contribution in [0.15, 0.2) is 39.9 Å². The molecule has 3 amide bonds. The summed E-state index contributed by atoms with van der Waals surface area (Å²) in [4.78, 5) is 44.9. The fraction of sp³-hybridized carbons (Fsp3) is 0.273. The van der Waals surface area contributed by atoms with Crippen molar-refractivity contribution in [2.45, 2.75) is 32.0 Å². The molecular weight excluding hydrogens is 525 g/mol. The van der Waals surface area contributed by atoms with Gasteiger partial charge in [0.25, 0.3) is 11.8 Å². The molecule has 1 fully saturated rings. The maximum atomic E-state index is 13.9. The van der Waals surface area contributed by atoms with Crippen LogP contribution in [0.4, 0.5) is 23.8 Å². The average Bonchev–Trinajstić information content (AvgIpc) is 3.40. The van der Waals surface area contributed by atoms with E-state index in [1.807, 2.05) is 0 Å². The molecule has 4 N–H and O–H groups in total. The summed E-state index contributed by atoms with van der Waals surface area (Å²) in [5.41, 5.74) is -1.68. The van der Waals surface area contributed by atoms with Crippen molar-refractivity contribution in [3.63, 3.8) is 0 Å². The quantitative estimate of drug-likeness (QED) is 0.270. The summed E-state index contributed by atoms with van der Waals surface area (Å²) in [6.45, 7) is 2.01. The summed E-state index contributed by atoms with van der Waals surface area (Å²) in [5, 5.41) is 20.8. The molecular formula is C22H19F3N10O4. The number of anilines is 1. The molecule has 4 aromatic rings. The largest absolute Gasteiger partial charge is 0.437 e. The van der Waals surface area contributed by atoms with Crippen molar-refractivity contribution in [1.82, 2.24) is 45.8 Å². The van der Waals surface area contributed by atoms with Gasteiger partial charge in [-0.1, -0.05) is 0 Å². The lowest BCUT2D eigenvalue weighted by atomic mass is 10.1. The monoisotopic (exact) mass is 544 g/mol. The molecule has 0 unspecified atom stereocenters. The Morgan fingerprint density at radius 3 is 2.59 bits per heavy atom. The van der Waals surface area contributed by atoms with E-state index >= 15 is 0 Å². The number of aromatic nitrogens is 7. The van der Waals surface area contributed by atoms with Crippen molar-refractivity contribution in [3.8, 4) is 28.3 Å². The molecule has 5 rings (SSSR count). The highest BCUT2D eigenvalue weighted by Crippen LogP contribution is 2.33. The maximum Gasteiger partial charge on any atom is 0.437 e. The third-order valence-electron chi connectivity index (χ3n) is 5.42. The van der Waals surface area contributed by atoms with Crippen LogP contribution in [-0.2, 0) is 6.18 Å². The van der Waals surface area contributed by atoms with Gasteiger partial charge in [-0.3, -0.25) is 15.1 Å². The maximum absolute atomic E-state index is 13.9. The summed E-state index contributed by atoms with van der Waals surface area (Å²) in [5.74, 6) is -1.91. The highest BCUT2D eigenvalue weighted by Gasteiger charge is 2.42. The predicted molar refractivity (Wildman–Crippen MR) is 127 cm³/mol. The summed E-state index contributed by atoms with van der Waals surface area (Å²) in [6.07, 6.45) is 0.325. The van der Waals surface area contributed by atoms with Crippen molar-refractivity contribution >= 4 is 17.8 Å². The number of aromatic amines is 1. The van der Waals surface area contributed by atoms with Gasteiger partial charge in [-0.2, -0.15) is 13.2 Å². The first kappa shape index (κ1) is 25.6. The van der Waals surface area contributed by atoms with Gasteiger partial charge in [-0.05, 0) is 25.8 Å². The standard InChI is InChI=1S/C22H19F3N10O4/c1-2-27-20(37)30-15-6-14(35-33-16(17(34-35)22(23,24)25)18(36)29-12-3-4-12)13(9-28-15)10-5-11(8-26-7-10)19-31-32-21(38)39-19/h5-9,12H,2-4H2,1H3,(H,29,36)(H,32,38)(H2,27,28,30,37). The number of nitrogens with zero attached hydrogens (tertiary/aromatic N) is 6. The number of rotatable bonds is 7. The minimum Gasteiger partial charge on any atom is -0.388 e. The second-order valence-corrected chi connectivity index (χ2v) is 8.38. The number of hydrogen-bond donors (Lipinski definition) is 4. The first-order valence-electron chi connectivity index (χ1n) is 11.5. The second-order valence-electron chi connectivity index (χ2n) is 8.38. The van der Waals surface area contributed by atoms with E-state index < -0.39 is 35.3 Å². The Hall–Kier alpha value is -5.09. The van der Waals surface area contributed by atoms with Crippen molar-refractivity contribution < 1.29 is 27.2 Å². The van der Waals surface area contributed by atoms with Crippen LogP contribution in [0.25, 0.3) is 28.3 Å². The molecule has 17 heteroatoms. The van der Waals surface area contributed by atoms with Gasteiger partial charge in [0.1, 0.15) is 5.82 Å². The molecule has 0 bridgehead atoms. The van der Waals surface area contributed by atoms with Crippen molar-refractivity contribution in [2.24, 2.45) is 0 Å². The van der Waals surface area contributed by atoms with Crippen LogP contribution in [0.2, 0.25) is 0 Å². The molecule has 0 atom stereocenters. The topological polar surface area (TPSA) is 186 Å².